The van der Waals surface area contributed by atoms with Crippen molar-refractivity contribution in [2.45, 2.75) is 20.8 Å². The van der Waals surface area contributed by atoms with Gasteiger partial charge in [0.05, 0.1) is 41.7 Å². The van der Waals surface area contributed by atoms with Gasteiger partial charge < -0.3 is 4.74 Å². The molecular formula is C37H30N2O6. The van der Waals surface area contributed by atoms with Crippen molar-refractivity contribution in [3.05, 3.63) is 96.1 Å². The maximum absolute atomic E-state index is 14.6. The Bertz CT molecular complexity index is 1930. The fraction of sp³-hybridized carbons (Fsp3) is 0.270. The van der Waals surface area contributed by atoms with Crippen LogP contribution in [0.25, 0.3) is 21.5 Å². The van der Waals surface area contributed by atoms with Gasteiger partial charge in [0.15, 0.2) is 0 Å². The zero-order chi connectivity index (χ0) is 31.4. The number of hydrogen-bond acceptors (Lipinski definition) is 6. The molecular weight excluding hydrogens is 568 g/mol. The highest BCUT2D eigenvalue weighted by Gasteiger charge is 2.77. The minimum atomic E-state index is -1.46. The van der Waals surface area contributed by atoms with Gasteiger partial charge in [0.25, 0.3) is 0 Å². The van der Waals surface area contributed by atoms with Crippen molar-refractivity contribution >= 4 is 62.5 Å². The van der Waals surface area contributed by atoms with Crippen LogP contribution in [0.15, 0.2) is 96.1 Å². The molecule has 2 aliphatic heterocycles. The summed E-state index contributed by atoms with van der Waals surface area (Å²) in [5, 5.41) is 3.22. The van der Waals surface area contributed by atoms with Crippen molar-refractivity contribution in [1.82, 2.24) is 0 Å². The normalized spacial score (nSPS) is 28.8. The summed E-state index contributed by atoms with van der Waals surface area (Å²) in [5.74, 6) is -7.08. The summed E-state index contributed by atoms with van der Waals surface area (Å²) < 4.78 is 5.51. The molecule has 4 aromatic rings. The number of ether oxygens (including phenoxy) is 1. The predicted molar refractivity (Wildman–Crippen MR) is 168 cm³/mol. The number of rotatable bonds is 4. The summed E-state index contributed by atoms with van der Waals surface area (Å²) >= 11 is 0. The Morgan fingerprint density at radius 3 is 1.58 bits per heavy atom. The van der Waals surface area contributed by atoms with Crippen LogP contribution in [0, 0.1) is 35.0 Å². The summed E-state index contributed by atoms with van der Waals surface area (Å²) in [6, 6.07) is 25.9. The Morgan fingerprint density at radius 2 is 1.11 bits per heavy atom. The minimum absolute atomic E-state index is 0.0998. The van der Waals surface area contributed by atoms with Crippen LogP contribution in [-0.4, -0.2) is 36.2 Å². The molecule has 224 valence electrons. The lowest BCUT2D eigenvalue weighted by molar-refractivity contribution is -0.155. The number of anilines is 2. The molecule has 8 heteroatoms. The third-order valence-electron chi connectivity index (χ3n) is 10.7. The number of benzene rings is 4. The third-order valence-corrected chi connectivity index (χ3v) is 10.7. The van der Waals surface area contributed by atoms with E-state index in [1.807, 2.05) is 60.7 Å². The SMILES string of the molecule is CCOC(=O)C1=C(C)C2[C@@H]3C(=O)N(c4cccc5ccccc45)C(=O)C3C1(C)[C@H]1C(=O)N(c3cccc4ccccc34)C(=O)[C@@H]21. The Labute approximate surface area is 259 Å². The number of allylic oxidation sites excluding steroid dienone is 1. The van der Waals surface area contributed by atoms with Gasteiger partial charge in [-0.2, -0.15) is 0 Å². The smallest absolute Gasteiger partial charge is 0.334 e. The van der Waals surface area contributed by atoms with Gasteiger partial charge >= 0.3 is 5.97 Å². The Hall–Kier alpha value is -5.11. The van der Waals surface area contributed by atoms with Gasteiger partial charge in [0.1, 0.15) is 0 Å². The lowest BCUT2D eigenvalue weighted by atomic mass is 9.43. The second kappa shape index (κ2) is 9.44. The van der Waals surface area contributed by atoms with Crippen molar-refractivity contribution in [3.63, 3.8) is 0 Å². The largest absolute Gasteiger partial charge is 0.463 e. The number of hydrogen-bond donors (Lipinski definition) is 0. The molecule has 4 aromatic carbocycles. The zero-order valence-corrected chi connectivity index (χ0v) is 25.0. The third kappa shape index (κ3) is 3.34. The first-order valence-corrected chi connectivity index (χ1v) is 15.3. The molecule has 3 aliphatic carbocycles. The lowest BCUT2D eigenvalue weighted by Crippen LogP contribution is -2.61. The van der Waals surface area contributed by atoms with E-state index < -0.39 is 64.6 Å². The molecule has 6 atom stereocenters. The topological polar surface area (TPSA) is 101 Å². The van der Waals surface area contributed by atoms with Crippen LogP contribution in [0.2, 0.25) is 0 Å². The van der Waals surface area contributed by atoms with Crippen LogP contribution in [0.4, 0.5) is 11.4 Å². The van der Waals surface area contributed by atoms with E-state index >= 15 is 0 Å². The van der Waals surface area contributed by atoms with Crippen LogP contribution in [0.3, 0.4) is 0 Å². The number of amides is 4. The van der Waals surface area contributed by atoms with Gasteiger partial charge in [0.2, 0.25) is 23.6 Å². The molecule has 9 rings (SSSR count). The highest BCUT2D eigenvalue weighted by Crippen LogP contribution is 2.69. The molecule has 0 N–H and O–H groups in total. The number of fused-ring (bicyclic) bond motifs is 2. The van der Waals surface area contributed by atoms with Gasteiger partial charge in [0, 0.05) is 27.7 Å². The summed E-state index contributed by atoms with van der Waals surface area (Å²) in [6.45, 7) is 5.26. The molecule has 0 spiro atoms. The maximum atomic E-state index is 14.6. The second-order valence-corrected chi connectivity index (χ2v) is 12.6. The van der Waals surface area contributed by atoms with Gasteiger partial charge in [-0.15, -0.1) is 0 Å². The zero-order valence-electron chi connectivity index (χ0n) is 25.0. The van der Waals surface area contributed by atoms with Crippen LogP contribution < -0.4 is 9.80 Å². The molecule has 3 fully saturated rings. The molecule has 45 heavy (non-hydrogen) atoms. The summed E-state index contributed by atoms with van der Waals surface area (Å²) in [7, 11) is 0. The summed E-state index contributed by atoms with van der Waals surface area (Å²) in [6.07, 6.45) is 0. The molecule has 2 bridgehead atoms. The Morgan fingerprint density at radius 1 is 0.667 bits per heavy atom. The van der Waals surface area contributed by atoms with E-state index in [1.165, 1.54) is 9.80 Å². The lowest BCUT2D eigenvalue weighted by Gasteiger charge is -2.55. The highest BCUT2D eigenvalue weighted by atomic mass is 16.5. The molecule has 2 heterocycles. The second-order valence-electron chi connectivity index (χ2n) is 12.6. The molecule has 0 aromatic heterocycles. The maximum Gasteiger partial charge on any atom is 0.334 e. The first kappa shape index (κ1) is 27.4. The van der Waals surface area contributed by atoms with Crippen LogP contribution in [0.1, 0.15) is 20.8 Å². The average molecular weight is 599 g/mol. The molecule has 2 saturated heterocycles. The number of esters is 1. The molecule has 4 amide bonds. The minimum Gasteiger partial charge on any atom is -0.463 e. The molecule has 3 unspecified atom stereocenters. The van der Waals surface area contributed by atoms with Gasteiger partial charge in [-0.1, -0.05) is 85.3 Å². The number of carbonyl (C=O) groups is 5. The van der Waals surface area contributed by atoms with E-state index in [1.54, 1.807) is 45.0 Å². The first-order valence-electron chi connectivity index (χ1n) is 15.3. The van der Waals surface area contributed by atoms with Crippen LogP contribution in [0.5, 0.6) is 0 Å². The number of carbonyl (C=O) groups excluding carboxylic acids is 5. The molecule has 1 saturated carbocycles. The first-order chi connectivity index (χ1) is 21.7. The van der Waals surface area contributed by atoms with E-state index in [9.17, 15) is 24.0 Å². The summed E-state index contributed by atoms with van der Waals surface area (Å²) in [5.41, 5.74) is 0.226. The Balaban J connectivity index is 1.33. The number of nitrogens with zero attached hydrogens (tertiary/aromatic N) is 2. The fourth-order valence-corrected chi connectivity index (χ4v) is 9.09. The van der Waals surface area contributed by atoms with Crippen molar-refractivity contribution in [2.24, 2.45) is 35.0 Å². The van der Waals surface area contributed by atoms with Crippen LogP contribution >= 0.6 is 0 Å². The molecule has 8 nitrogen and oxygen atoms in total. The quantitative estimate of drug-likeness (QED) is 0.229. The standard InChI is InChI=1S/C37H30N2O6/c1-4-45-36(44)29-19(2)26-27-30(34(42)38(32(27)40)24-17-9-13-20-11-5-7-15-22(20)24)37(29,3)31-28(26)33(41)39(35(31)43)25-18-10-14-21-12-6-8-16-23(21)25/h5-18,26-28,30-31H,4H2,1-3H3/t26?,27-,28-,30+,31?,37?/m0/s1. The molecule has 0 radical (unpaired) electrons. The monoisotopic (exact) mass is 598 g/mol. The summed E-state index contributed by atoms with van der Waals surface area (Å²) in [4.78, 5) is 74.5. The van der Waals surface area contributed by atoms with Crippen molar-refractivity contribution in [3.8, 4) is 0 Å². The van der Waals surface area contributed by atoms with E-state index in [0.29, 0.717) is 16.9 Å². The van der Waals surface area contributed by atoms with E-state index in [0.717, 1.165) is 21.5 Å². The van der Waals surface area contributed by atoms with Gasteiger partial charge in [-0.25, -0.2) is 14.6 Å². The van der Waals surface area contributed by atoms with E-state index in [4.69, 9.17) is 4.74 Å². The Kier molecular flexibility index (Phi) is 5.76. The molecule has 5 aliphatic rings. The fourth-order valence-electron chi connectivity index (χ4n) is 9.09. The van der Waals surface area contributed by atoms with E-state index in [-0.39, 0.29) is 12.2 Å². The predicted octanol–water partition coefficient (Wildman–Crippen LogP) is 5.43. The van der Waals surface area contributed by atoms with Crippen molar-refractivity contribution in [2.75, 3.05) is 16.4 Å². The van der Waals surface area contributed by atoms with Crippen molar-refractivity contribution < 1.29 is 28.7 Å². The van der Waals surface area contributed by atoms with Crippen LogP contribution in [-0.2, 0) is 28.7 Å². The number of imide groups is 2. The average Bonchev–Trinajstić information content (AvgIpc) is 3.46. The van der Waals surface area contributed by atoms with Crippen molar-refractivity contribution in [1.29, 1.82) is 0 Å². The van der Waals surface area contributed by atoms with E-state index in [2.05, 4.69) is 0 Å². The highest BCUT2D eigenvalue weighted by molar-refractivity contribution is 6.30. The van der Waals surface area contributed by atoms with Gasteiger partial charge in [-0.05, 0) is 36.8 Å². The van der Waals surface area contributed by atoms with Gasteiger partial charge in [-0.3, -0.25) is 19.2 Å².